The van der Waals surface area contributed by atoms with E-state index in [1.165, 1.54) is 0 Å². The van der Waals surface area contributed by atoms with Gasteiger partial charge in [-0.25, -0.2) is 8.42 Å². The van der Waals surface area contributed by atoms with E-state index in [1.807, 2.05) is 0 Å². The van der Waals surface area contributed by atoms with E-state index in [9.17, 15) is 13.5 Å². The third-order valence-electron chi connectivity index (χ3n) is 3.32. The predicted octanol–water partition coefficient (Wildman–Crippen LogP) is 0.965. The maximum absolute atomic E-state index is 12.2. The van der Waals surface area contributed by atoms with Gasteiger partial charge in [-0.2, -0.15) is 0 Å². The second-order valence-corrected chi connectivity index (χ2v) is 6.89. The Labute approximate surface area is 108 Å². The molecule has 1 saturated heterocycles. The molecule has 0 bridgehead atoms. The van der Waals surface area contributed by atoms with E-state index in [0.717, 1.165) is 13.0 Å². The number of nitrogens with one attached hydrogen (secondary N) is 1. The molecule has 1 atom stereocenters. The van der Waals surface area contributed by atoms with Crippen LogP contribution in [0, 0.1) is 0 Å². The minimum Gasteiger partial charge on any atom is -0.389 e. The second-order valence-electron chi connectivity index (χ2n) is 4.90. The van der Waals surface area contributed by atoms with Gasteiger partial charge in [0.25, 0.3) is 0 Å². The molecular formula is C13H19NO3S. The van der Waals surface area contributed by atoms with Crippen molar-refractivity contribution in [2.24, 2.45) is 0 Å². The van der Waals surface area contributed by atoms with Crippen molar-refractivity contribution in [3.8, 4) is 0 Å². The van der Waals surface area contributed by atoms with E-state index in [2.05, 4.69) is 5.32 Å². The molecular weight excluding hydrogens is 250 g/mol. The SMILES string of the molecule is O=S(=O)(CC1(O)CCCNCC1)c1ccccc1. The van der Waals surface area contributed by atoms with Crippen LogP contribution in [-0.4, -0.2) is 38.0 Å². The molecule has 1 unspecified atom stereocenters. The number of hydrogen-bond acceptors (Lipinski definition) is 4. The van der Waals surface area contributed by atoms with Crippen LogP contribution in [0.2, 0.25) is 0 Å². The van der Waals surface area contributed by atoms with E-state index < -0.39 is 15.4 Å². The highest BCUT2D eigenvalue weighted by Crippen LogP contribution is 2.24. The van der Waals surface area contributed by atoms with Gasteiger partial charge < -0.3 is 10.4 Å². The summed E-state index contributed by atoms with van der Waals surface area (Å²) < 4.78 is 24.5. The first-order valence-corrected chi connectivity index (χ1v) is 7.88. The molecule has 1 aromatic carbocycles. The summed E-state index contributed by atoms with van der Waals surface area (Å²) in [5.74, 6) is -0.189. The fourth-order valence-electron chi connectivity index (χ4n) is 2.32. The molecule has 0 aliphatic carbocycles. The van der Waals surface area contributed by atoms with Gasteiger partial charge in [-0.15, -0.1) is 0 Å². The highest BCUT2D eigenvalue weighted by atomic mass is 32.2. The summed E-state index contributed by atoms with van der Waals surface area (Å²) in [5, 5.41) is 13.6. The van der Waals surface area contributed by atoms with Crippen LogP contribution < -0.4 is 5.32 Å². The van der Waals surface area contributed by atoms with Crippen molar-refractivity contribution in [1.29, 1.82) is 0 Å². The van der Waals surface area contributed by atoms with E-state index >= 15 is 0 Å². The Morgan fingerprint density at radius 2 is 1.89 bits per heavy atom. The fraction of sp³-hybridized carbons (Fsp3) is 0.538. The number of benzene rings is 1. The molecule has 100 valence electrons. The van der Waals surface area contributed by atoms with Crippen LogP contribution in [0.3, 0.4) is 0 Å². The number of hydrogen-bond donors (Lipinski definition) is 2. The molecule has 1 aliphatic heterocycles. The van der Waals surface area contributed by atoms with E-state index in [0.29, 0.717) is 19.4 Å². The Bertz CT molecular complexity index is 476. The Hall–Kier alpha value is -0.910. The molecule has 2 rings (SSSR count). The van der Waals surface area contributed by atoms with E-state index in [1.54, 1.807) is 30.3 Å². The molecule has 1 aliphatic rings. The Kier molecular flexibility index (Phi) is 4.04. The summed E-state index contributed by atoms with van der Waals surface area (Å²) >= 11 is 0. The topological polar surface area (TPSA) is 66.4 Å². The van der Waals surface area contributed by atoms with Gasteiger partial charge in [0.05, 0.1) is 16.2 Å². The van der Waals surface area contributed by atoms with Crippen LogP contribution in [0.25, 0.3) is 0 Å². The maximum Gasteiger partial charge on any atom is 0.181 e. The van der Waals surface area contributed by atoms with Gasteiger partial charge in [-0.3, -0.25) is 0 Å². The lowest BCUT2D eigenvalue weighted by atomic mass is 9.97. The predicted molar refractivity (Wildman–Crippen MR) is 70.2 cm³/mol. The average molecular weight is 269 g/mol. The summed E-state index contributed by atoms with van der Waals surface area (Å²) in [7, 11) is -3.41. The summed E-state index contributed by atoms with van der Waals surface area (Å²) in [5.41, 5.74) is -1.10. The third-order valence-corrected chi connectivity index (χ3v) is 5.23. The van der Waals surface area contributed by atoms with Crippen molar-refractivity contribution >= 4 is 9.84 Å². The van der Waals surface area contributed by atoms with Crippen LogP contribution >= 0.6 is 0 Å². The minimum absolute atomic E-state index is 0.189. The normalized spacial score (nSPS) is 25.6. The maximum atomic E-state index is 12.2. The molecule has 1 heterocycles. The molecule has 0 aromatic heterocycles. The Morgan fingerprint density at radius 3 is 2.61 bits per heavy atom. The first-order chi connectivity index (χ1) is 8.52. The Balaban J connectivity index is 2.17. The van der Waals surface area contributed by atoms with Crippen LogP contribution in [0.15, 0.2) is 35.2 Å². The van der Waals surface area contributed by atoms with E-state index in [4.69, 9.17) is 0 Å². The lowest BCUT2D eigenvalue weighted by Gasteiger charge is -2.25. The number of aliphatic hydroxyl groups is 1. The molecule has 0 saturated carbocycles. The van der Waals surface area contributed by atoms with Crippen LogP contribution in [0.1, 0.15) is 19.3 Å². The minimum atomic E-state index is -3.41. The molecule has 1 fully saturated rings. The number of sulfone groups is 1. The molecule has 5 heteroatoms. The zero-order valence-electron chi connectivity index (χ0n) is 10.3. The fourth-order valence-corrected chi connectivity index (χ4v) is 4.06. The summed E-state index contributed by atoms with van der Waals surface area (Å²) in [6, 6.07) is 8.34. The van der Waals surface area contributed by atoms with Crippen molar-refractivity contribution in [3.63, 3.8) is 0 Å². The molecule has 0 amide bonds. The van der Waals surface area contributed by atoms with Crippen molar-refractivity contribution in [1.82, 2.24) is 5.32 Å². The summed E-state index contributed by atoms with van der Waals surface area (Å²) in [6.07, 6.45) is 1.83. The van der Waals surface area contributed by atoms with Crippen molar-refractivity contribution in [3.05, 3.63) is 30.3 Å². The van der Waals surface area contributed by atoms with Crippen molar-refractivity contribution in [2.45, 2.75) is 29.8 Å². The first kappa shape index (κ1) is 13.5. The first-order valence-electron chi connectivity index (χ1n) is 6.23. The van der Waals surface area contributed by atoms with Crippen molar-refractivity contribution < 1.29 is 13.5 Å². The number of rotatable bonds is 3. The Morgan fingerprint density at radius 1 is 1.17 bits per heavy atom. The lowest BCUT2D eigenvalue weighted by molar-refractivity contribution is 0.0510. The smallest absolute Gasteiger partial charge is 0.181 e. The van der Waals surface area contributed by atoms with E-state index in [-0.39, 0.29) is 10.6 Å². The van der Waals surface area contributed by atoms with Crippen LogP contribution in [0.5, 0.6) is 0 Å². The van der Waals surface area contributed by atoms with Crippen LogP contribution in [0.4, 0.5) is 0 Å². The molecule has 18 heavy (non-hydrogen) atoms. The summed E-state index contributed by atoms with van der Waals surface area (Å²) in [6.45, 7) is 1.51. The van der Waals surface area contributed by atoms with Gasteiger partial charge in [0.2, 0.25) is 0 Å². The van der Waals surface area contributed by atoms with Gasteiger partial charge in [-0.05, 0) is 44.5 Å². The third kappa shape index (κ3) is 3.31. The average Bonchev–Trinajstić information content (AvgIpc) is 2.54. The molecule has 1 aromatic rings. The quantitative estimate of drug-likeness (QED) is 0.858. The second kappa shape index (κ2) is 5.38. The van der Waals surface area contributed by atoms with Crippen LogP contribution in [-0.2, 0) is 9.84 Å². The summed E-state index contributed by atoms with van der Waals surface area (Å²) in [4.78, 5) is 0.288. The lowest BCUT2D eigenvalue weighted by Crippen LogP contribution is -2.38. The van der Waals surface area contributed by atoms with Gasteiger partial charge in [0.1, 0.15) is 0 Å². The standard InChI is InChI=1S/C13H19NO3S/c15-13(7-4-9-14-10-8-13)11-18(16,17)12-5-2-1-3-6-12/h1-3,5-6,14-15H,4,7-11H2. The molecule has 0 radical (unpaired) electrons. The largest absolute Gasteiger partial charge is 0.389 e. The van der Waals surface area contributed by atoms with Gasteiger partial charge >= 0.3 is 0 Å². The zero-order chi connectivity index (χ0) is 13.1. The highest BCUT2D eigenvalue weighted by molar-refractivity contribution is 7.91. The van der Waals surface area contributed by atoms with Gasteiger partial charge in [0, 0.05) is 0 Å². The highest BCUT2D eigenvalue weighted by Gasteiger charge is 2.34. The molecule has 2 N–H and O–H groups in total. The molecule has 4 nitrogen and oxygen atoms in total. The monoisotopic (exact) mass is 269 g/mol. The van der Waals surface area contributed by atoms with Gasteiger partial charge in [0.15, 0.2) is 9.84 Å². The van der Waals surface area contributed by atoms with Crippen molar-refractivity contribution in [2.75, 3.05) is 18.8 Å². The zero-order valence-corrected chi connectivity index (χ0v) is 11.1. The van der Waals surface area contributed by atoms with Gasteiger partial charge in [-0.1, -0.05) is 18.2 Å². The molecule has 0 spiro atoms.